The predicted octanol–water partition coefficient (Wildman–Crippen LogP) is 3.23. The van der Waals surface area contributed by atoms with Crippen LogP contribution < -0.4 is 16.0 Å². The molecule has 3 aliphatic rings. The number of hydrogen-bond donors (Lipinski definition) is 3. The van der Waals surface area contributed by atoms with Gasteiger partial charge in [0.15, 0.2) is 5.65 Å². The van der Waals surface area contributed by atoms with E-state index in [-0.39, 0.29) is 11.8 Å². The second-order valence-electron chi connectivity index (χ2n) is 9.31. The minimum Gasteiger partial charge on any atom is -0.367 e. The molecule has 6 rings (SSSR count). The lowest BCUT2D eigenvalue weighted by molar-refractivity contribution is -0.118. The number of nitrogens with zero attached hydrogens (tertiary/aromatic N) is 4. The highest BCUT2D eigenvalue weighted by Crippen LogP contribution is 2.33. The first kappa shape index (κ1) is 22.0. The SMILES string of the molecule is C=C1NC(=O)C/C1=C\c1cnn2c(NC3CC3)cc(-c3ccc(C(=O)NCN4CCCC4)s3)nc12. The number of amides is 2. The van der Waals surface area contributed by atoms with E-state index in [0.29, 0.717) is 35.4 Å². The molecule has 3 N–H and O–H groups in total. The number of allylic oxidation sites excluding steroid dienone is 1. The Kier molecular flexibility index (Phi) is 5.62. The van der Waals surface area contributed by atoms with Crippen molar-refractivity contribution in [3.63, 3.8) is 0 Å². The molecule has 0 unspecified atom stereocenters. The van der Waals surface area contributed by atoms with E-state index in [4.69, 9.17) is 4.98 Å². The fraction of sp³-hybridized carbons (Fsp3) is 0.360. The number of likely N-dealkylation sites (tertiary alicyclic amines) is 1. The van der Waals surface area contributed by atoms with Crippen molar-refractivity contribution in [1.82, 2.24) is 30.1 Å². The molecule has 35 heavy (non-hydrogen) atoms. The molecule has 0 aromatic carbocycles. The molecule has 180 valence electrons. The Balaban J connectivity index is 1.31. The summed E-state index contributed by atoms with van der Waals surface area (Å²) in [6.45, 7) is 6.60. The maximum absolute atomic E-state index is 12.7. The van der Waals surface area contributed by atoms with E-state index in [2.05, 4.69) is 32.5 Å². The van der Waals surface area contributed by atoms with Gasteiger partial charge in [0, 0.05) is 23.4 Å². The first-order valence-electron chi connectivity index (χ1n) is 12.0. The Morgan fingerprint density at radius 3 is 2.86 bits per heavy atom. The van der Waals surface area contributed by atoms with E-state index in [9.17, 15) is 9.59 Å². The molecule has 1 aliphatic carbocycles. The largest absolute Gasteiger partial charge is 0.367 e. The monoisotopic (exact) mass is 489 g/mol. The Hall–Kier alpha value is -3.50. The van der Waals surface area contributed by atoms with Gasteiger partial charge in [0.25, 0.3) is 5.91 Å². The van der Waals surface area contributed by atoms with Crippen molar-refractivity contribution >= 4 is 40.7 Å². The van der Waals surface area contributed by atoms with Crippen molar-refractivity contribution in [1.29, 1.82) is 0 Å². The highest BCUT2D eigenvalue weighted by Gasteiger charge is 2.24. The number of fused-ring (bicyclic) bond motifs is 1. The molecule has 0 bridgehead atoms. The molecule has 0 atom stereocenters. The van der Waals surface area contributed by atoms with Gasteiger partial charge >= 0.3 is 0 Å². The third kappa shape index (κ3) is 4.59. The Labute approximate surface area is 206 Å². The average molecular weight is 490 g/mol. The molecule has 0 spiro atoms. The molecule has 0 radical (unpaired) electrons. The van der Waals surface area contributed by atoms with Gasteiger partial charge in [-0.1, -0.05) is 6.58 Å². The van der Waals surface area contributed by atoms with Gasteiger partial charge < -0.3 is 16.0 Å². The number of carbonyl (C=O) groups is 2. The second-order valence-corrected chi connectivity index (χ2v) is 10.4. The first-order chi connectivity index (χ1) is 17.0. The van der Waals surface area contributed by atoms with Gasteiger partial charge in [0.1, 0.15) is 5.82 Å². The zero-order chi connectivity index (χ0) is 23.9. The van der Waals surface area contributed by atoms with E-state index in [1.54, 1.807) is 10.7 Å². The van der Waals surface area contributed by atoms with Crippen molar-refractivity contribution in [3.8, 4) is 10.6 Å². The van der Waals surface area contributed by atoms with E-state index in [1.165, 1.54) is 24.2 Å². The molecule has 5 heterocycles. The summed E-state index contributed by atoms with van der Waals surface area (Å²) in [5, 5.41) is 13.9. The van der Waals surface area contributed by atoms with E-state index in [0.717, 1.165) is 53.5 Å². The number of carbonyl (C=O) groups excluding carboxylic acids is 2. The van der Waals surface area contributed by atoms with Crippen LogP contribution in [0.3, 0.4) is 0 Å². The summed E-state index contributed by atoms with van der Waals surface area (Å²) in [4.78, 5) is 33.2. The zero-order valence-electron chi connectivity index (χ0n) is 19.3. The van der Waals surface area contributed by atoms with Gasteiger partial charge in [0.05, 0.1) is 34.7 Å². The number of hydrogen-bond acceptors (Lipinski definition) is 7. The first-order valence-corrected chi connectivity index (χ1v) is 12.8. The minimum absolute atomic E-state index is 0.0581. The number of nitrogens with one attached hydrogen (secondary N) is 3. The quantitative estimate of drug-likeness (QED) is 0.471. The topological polar surface area (TPSA) is 104 Å². The lowest BCUT2D eigenvalue weighted by Gasteiger charge is -2.14. The third-order valence-electron chi connectivity index (χ3n) is 6.53. The lowest BCUT2D eigenvalue weighted by atomic mass is 10.1. The number of anilines is 1. The summed E-state index contributed by atoms with van der Waals surface area (Å²) in [6, 6.07) is 6.24. The van der Waals surface area contributed by atoms with Crippen LogP contribution >= 0.6 is 11.3 Å². The summed E-state index contributed by atoms with van der Waals surface area (Å²) in [5.41, 5.74) is 3.74. The van der Waals surface area contributed by atoms with E-state index in [1.807, 2.05) is 24.3 Å². The summed E-state index contributed by atoms with van der Waals surface area (Å²) in [5.74, 6) is 0.749. The van der Waals surface area contributed by atoms with Crippen molar-refractivity contribution in [2.45, 2.75) is 38.1 Å². The van der Waals surface area contributed by atoms with Crippen molar-refractivity contribution in [2.24, 2.45) is 0 Å². The van der Waals surface area contributed by atoms with E-state index < -0.39 is 0 Å². The van der Waals surface area contributed by atoms with Gasteiger partial charge in [0.2, 0.25) is 5.91 Å². The molecule has 2 amide bonds. The van der Waals surface area contributed by atoms with Crippen LogP contribution in [0, 0.1) is 0 Å². The van der Waals surface area contributed by atoms with Gasteiger partial charge in [-0.15, -0.1) is 11.3 Å². The molecule has 10 heteroatoms. The van der Waals surface area contributed by atoms with Gasteiger partial charge in [-0.3, -0.25) is 14.5 Å². The third-order valence-corrected chi connectivity index (χ3v) is 7.64. The molecule has 3 fully saturated rings. The summed E-state index contributed by atoms with van der Waals surface area (Å²) in [6.07, 6.45) is 8.63. The molecule has 2 aliphatic heterocycles. The van der Waals surface area contributed by atoms with Gasteiger partial charge in [-0.05, 0) is 62.6 Å². The predicted molar refractivity (Wildman–Crippen MR) is 136 cm³/mol. The summed E-state index contributed by atoms with van der Waals surface area (Å²) in [7, 11) is 0. The lowest BCUT2D eigenvalue weighted by Crippen LogP contribution is -2.35. The van der Waals surface area contributed by atoms with Crippen molar-refractivity contribution in [3.05, 3.63) is 52.7 Å². The molecular weight excluding hydrogens is 462 g/mol. The Morgan fingerprint density at radius 1 is 1.29 bits per heavy atom. The average Bonchev–Trinajstić information content (AvgIpc) is 3.28. The Morgan fingerprint density at radius 2 is 2.11 bits per heavy atom. The maximum Gasteiger partial charge on any atom is 0.262 e. The van der Waals surface area contributed by atoms with Crippen LogP contribution in [-0.2, 0) is 4.79 Å². The number of rotatable bonds is 7. The highest BCUT2D eigenvalue weighted by atomic mass is 32.1. The normalized spacial score (nSPS) is 19.6. The molecule has 2 saturated heterocycles. The van der Waals surface area contributed by atoms with Crippen LogP contribution in [0.1, 0.15) is 47.3 Å². The van der Waals surface area contributed by atoms with E-state index >= 15 is 0 Å². The molecule has 9 nitrogen and oxygen atoms in total. The standard InChI is InChI=1S/C25H27N7O2S/c1-15-16(11-23(33)28-15)10-17-13-27-32-22(29-18-4-5-18)12-19(30-24(17)32)20-6-7-21(35-20)25(34)26-14-31-8-2-3-9-31/h6-7,10,12-13,18,29H,1-5,8-9,11,14H2,(H,26,34)(H,28,33)/b16-10+. The van der Waals surface area contributed by atoms with Crippen LogP contribution in [0.4, 0.5) is 5.82 Å². The van der Waals surface area contributed by atoms with Crippen molar-refractivity contribution in [2.75, 3.05) is 25.1 Å². The van der Waals surface area contributed by atoms with Crippen LogP contribution in [0.15, 0.2) is 42.2 Å². The molecule has 3 aromatic rings. The molecule has 1 saturated carbocycles. The number of aromatic nitrogens is 3. The maximum atomic E-state index is 12.7. The molecular formula is C25H27N7O2S. The zero-order valence-corrected chi connectivity index (χ0v) is 20.2. The van der Waals surface area contributed by atoms with Gasteiger partial charge in [-0.2, -0.15) is 9.61 Å². The smallest absolute Gasteiger partial charge is 0.262 e. The van der Waals surface area contributed by atoms with Crippen molar-refractivity contribution < 1.29 is 9.59 Å². The fourth-order valence-electron chi connectivity index (χ4n) is 4.45. The minimum atomic E-state index is -0.0587. The summed E-state index contributed by atoms with van der Waals surface area (Å²) < 4.78 is 1.80. The van der Waals surface area contributed by atoms with Crippen LogP contribution in [-0.4, -0.2) is 57.1 Å². The van der Waals surface area contributed by atoms with Gasteiger partial charge in [-0.25, -0.2) is 4.98 Å². The fourth-order valence-corrected chi connectivity index (χ4v) is 5.34. The Bertz CT molecular complexity index is 1360. The second kappa shape index (κ2) is 8.94. The number of thiophene rings is 1. The summed E-state index contributed by atoms with van der Waals surface area (Å²) >= 11 is 1.44. The van der Waals surface area contributed by atoms with Crippen LogP contribution in [0.5, 0.6) is 0 Å². The molecule has 3 aromatic heterocycles. The highest BCUT2D eigenvalue weighted by molar-refractivity contribution is 7.17. The van der Waals surface area contributed by atoms with Crippen LogP contribution in [0.2, 0.25) is 0 Å². The van der Waals surface area contributed by atoms with Crippen LogP contribution in [0.25, 0.3) is 22.3 Å².